The van der Waals surface area contributed by atoms with Crippen molar-refractivity contribution in [3.05, 3.63) is 33.4 Å². The van der Waals surface area contributed by atoms with Crippen LogP contribution < -0.4 is 0 Å². The second-order valence-corrected chi connectivity index (χ2v) is 6.42. The zero-order valence-electron chi connectivity index (χ0n) is 11.5. The molecule has 0 N–H and O–H groups in total. The van der Waals surface area contributed by atoms with Crippen LogP contribution >= 0.6 is 22.6 Å². The molecular weight excluding hydrogens is 369 g/mol. The first-order chi connectivity index (χ1) is 9.56. The van der Waals surface area contributed by atoms with Crippen molar-refractivity contribution in [2.75, 3.05) is 19.7 Å². The average Bonchev–Trinajstić information content (AvgIpc) is 2.45. The molecule has 0 radical (unpaired) electrons. The molecule has 4 nitrogen and oxygen atoms in total. The Morgan fingerprint density at radius 3 is 2.70 bits per heavy atom. The zero-order chi connectivity index (χ0) is 14.5. The minimum atomic E-state index is -0.445. The van der Waals surface area contributed by atoms with Crippen LogP contribution in [0.25, 0.3) is 0 Å². The summed E-state index contributed by atoms with van der Waals surface area (Å²) in [4.78, 5) is 25.6. The van der Waals surface area contributed by atoms with E-state index in [1.165, 1.54) is 0 Å². The van der Waals surface area contributed by atoms with E-state index in [1.54, 1.807) is 17.0 Å². The second-order valence-electron chi connectivity index (χ2n) is 5.17. The molecule has 0 spiro atoms. The van der Waals surface area contributed by atoms with E-state index in [2.05, 4.69) is 29.5 Å². The predicted molar refractivity (Wildman–Crippen MR) is 84.4 cm³/mol. The molecule has 1 saturated heterocycles. The van der Waals surface area contributed by atoms with Crippen molar-refractivity contribution in [1.29, 1.82) is 0 Å². The Bertz CT molecular complexity index is 486. The number of hydrogen-bond donors (Lipinski definition) is 0. The number of rotatable bonds is 3. The quantitative estimate of drug-likeness (QED) is 0.592. The summed E-state index contributed by atoms with van der Waals surface area (Å²) in [5.74, 6) is -0.0187. The van der Waals surface area contributed by atoms with Gasteiger partial charge in [-0.3, -0.25) is 4.79 Å². The Kier molecular flexibility index (Phi) is 5.39. The molecule has 1 fully saturated rings. The smallest absolute Gasteiger partial charge is 0.338 e. The van der Waals surface area contributed by atoms with E-state index < -0.39 is 5.97 Å². The Labute approximate surface area is 132 Å². The van der Waals surface area contributed by atoms with E-state index in [0.29, 0.717) is 11.5 Å². The molecule has 1 aliphatic heterocycles. The number of nitrogens with zero attached hydrogens (tertiary/aromatic N) is 1. The van der Waals surface area contributed by atoms with E-state index in [4.69, 9.17) is 4.74 Å². The van der Waals surface area contributed by atoms with Gasteiger partial charge in [0.2, 0.25) is 0 Å². The topological polar surface area (TPSA) is 46.6 Å². The maximum atomic E-state index is 12.0. The van der Waals surface area contributed by atoms with Gasteiger partial charge < -0.3 is 9.64 Å². The third-order valence-corrected chi connectivity index (χ3v) is 4.14. The minimum Gasteiger partial charge on any atom is -0.452 e. The molecule has 0 aromatic heterocycles. The fourth-order valence-electron chi connectivity index (χ4n) is 2.30. The van der Waals surface area contributed by atoms with Crippen LogP contribution in [-0.2, 0) is 9.53 Å². The van der Waals surface area contributed by atoms with Gasteiger partial charge in [0.1, 0.15) is 0 Å². The Balaban J connectivity index is 1.83. The van der Waals surface area contributed by atoms with Crippen molar-refractivity contribution in [3.8, 4) is 0 Å². The van der Waals surface area contributed by atoms with Crippen LogP contribution in [0.1, 0.15) is 30.1 Å². The Morgan fingerprint density at radius 1 is 1.35 bits per heavy atom. The number of hydrogen-bond acceptors (Lipinski definition) is 3. The third kappa shape index (κ3) is 4.19. The van der Waals surface area contributed by atoms with E-state index in [1.807, 2.05) is 12.1 Å². The summed E-state index contributed by atoms with van der Waals surface area (Å²) in [7, 11) is 0. The molecule has 20 heavy (non-hydrogen) atoms. The van der Waals surface area contributed by atoms with Crippen LogP contribution in [0.4, 0.5) is 0 Å². The van der Waals surface area contributed by atoms with Crippen molar-refractivity contribution in [2.45, 2.75) is 19.8 Å². The highest BCUT2D eigenvalue weighted by Crippen LogP contribution is 2.15. The molecule has 0 bridgehead atoms. The number of amides is 1. The van der Waals surface area contributed by atoms with Gasteiger partial charge in [-0.1, -0.05) is 6.92 Å². The second kappa shape index (κ2) is 7.06. The predicted octanol–water partition coefficient (Wildman–Crippen LogP) is 2.71. The highest BCUT2D eigenvalue weighted by atomic mass is 127. The van der Waals surface area contributed by atoms with Crippen LogP contribution in [0.3, 0.4) is 0 Å². The summed E-state index contributed by atoms with van der Waals surface area (Å²) in [5, 5.41) is 0. The van der Waals surface area contributed by atoms with Gasteiger partial charge in [0.25, 0.3) is 5.91 Å². The fourth-order valence-corrected chi connectivity index (χ4v) is 2.66. The highest BCUT2D eigenvalue weighted by Gasteiger charge is 2.21. The minimum absolute atomic E-state index is 0.101. The summed E-state index contributed by atoms with van der Waals surface area (Å²) < 4.78 is 6.14. The first kappa shape index (κ1) is 15.3. The van der Waals surface area contributed by atoms with Gasteiger partial charge >= 0.3 is 5.97 Å². The van der Waals surface area contributed by atoms with Gasteiger partial charge in [-0.2, -0.15) is 0 Å². The van der Waals surface area contributed by atoms with Gasteiger partial charge in [-0.25, -0.2) is 4.79 Å². The summed E-state index contributed by atoms with van der Waals surface area (Å²) in [6, 6.07) is 7.09. The van der Waals surface area contributed by atoms with E-state index in [-0.39, 0.29) is 12.5 Å². The van der Waals surface area contributed by atoms with Crippen LogP contribution in [0.2, 0.25) is 0 Å². The molecule has 1 aromatic carbocycles. The Morgan fingerprint density at radius 2 is 2.05 bits per heavy atom. The molecule has 1 aliphatic rings. The van der Waals surface area contributed by atoms with Crippen molar-refractivity contribution < 1.29 is 14.3 Å². The normalized spacial score (nSPS) is 18.7. The molecule has 2 rings (SSSR count). The third-order valence-electron chi connectivity index (χ3n) is 3.42. The summed E-state index contributed by atoms with van der Waals surface area (Å²) in [6.45, 7) is 3.50. The molecule has 5 heteroatoms. The lowest BCUT2D eigenvalue weighted by Gasteiger charge is -2.30. The number of benzene rings is 1. The van der Waals surface area contributed by atoms with E-state index >= 15 is 0 Å². The Hall–Kier alpha value is -1.11. The highest BCUT2D eigenvalue weighted by molar-refractivity contribution is 14.1. The molecule has 1 aromatic rings. The average molecular weight is 387 g/mol. The molecular formula is C15H18INO3. The number of carbonyl (C=O) groups is 2. The van der Waals surface area contributed by atoms with Crippen molar-refractivity contribution in [2.24, 2.45) is 5.92 Å². The molecule has 0 aliphatic carbocycles. The molecule has 1 unspecified atom stereocenters. The summed E-state index contributed by atoms with van der Waals surface area (Å²) in [5.41, 5.74) is 0.477. The van der Waals surface area contributed by atoms with Gasteiger partial charge in [0, 0.05) is 16.7 Å². The maximum Gasteiger partial charge on any atom is 0.338 e. The van der Waals surface area contributed by atoms with Crippen molar-refractivity contribution >= 4 is 34.5 Å². The van der Waals surface area contributed by atoms with Crippen LogP contribution in [-0.4, -0.2) is 36.5 Å². The summed E-state index contributed by atoms with van der Waals surface area (Å²) in [6.07, 6.45) is 2.18. The number of carbonyl (C=O) groups excluding carboxylic acids is 2. The fraction of sp³-hybridized carbons (Fsp3) is 0.467. The van der Waals surface area contributed by atoms with Crippen LogP contribution in [0, 0.1) is 9.49 Å². The zero-order valence-corrected chi connectivity index (χ0v) is 13.6. The molecule has 1 amide bonds. The van der Waals surface area contributed by atoms with Crippen molar-refractivity contribution in [1.82, 2.24) is 4.90 Å². The SMILES string of the molecule is CC1CCCN(C(=O)COC(=O)c2ccc(I)cc2)C1. The lowest BCUT2D eigenvalue weighted by Crippen LogP contribution is -2.41. The first-order valence-corrected chi connectivity index (χ1v) is 7.84. The number of esters is 1. The van der Waals surface area contributed by atoms with Gasteiger partial charge in [-0.05, 0) is 65.6 Å². The number of halogens is 1. The van der Waals surface area contributed by atoms with Gasteiger partial charge in [0.15, 0.2) is 6.61 Å². The number of piperidine rings is 1. The summed E-state index contributed by atoms with van der Waals surface area (Å²) >= 11 is 2.17. The first-order valence-electron chi connectivity index (χ1n) is 6.76. The lowest BCUT2D eigenvalue weighted by molar-refractivity contribution is -0.136. The number of likely N-dealkylation sites (tertiary alicyclic amines) is 1. The monoisotopic (exact) mass is 387 g/mol. The van der Waals surface area contributed by atoms with Gasteiger partial charge in [-0.15, -0.1) is 0 Å². The van der Waals surface area contributed by atoms with E-state index in [9.17, 15) is 9.59 Å². The molecule has 1 atom stereocenters. The number of ether oxygens (including phenoxy) is 1. The van der Waals surface area contributed by atoms with Crippen molar-refractivity contribution in [3.63, 3.8) is 0 Å². The van der Waals surface area contributed by atoms with Gasteiger partial charge in [0.05, 0.1) is 5.56 Å². The molecule has 108 valence electrons. The maximum absolute atomic E-state index is 12.0. The van der Waals surface area contributed by atoms with Crippen LogP contribution in [0.5, 0.6) is 0 Å². The largest absolute Gasteiger partial charge is 0.452 e. The van der Waals surface area contributed by atoms with Crippen LogP contribution in [0.15, 0.2) is 24.3 Å². The van der Waals surface area contributed by atoms with E-state index in [0.717, 1.165) is 29.5 Å². The lowest BCUT2D eigenvalue weighted by atomic mass is 10.0. The molecule has 0 saturated carbocycles. The standard InChI is InChI=1S/C15H18INO3/c1-11-3-2-8-17(9-11)14(18)10-20-15(19)12-4-6-13(16)7-5-12/h4-7,11H,2-3,8-10H2,1H3. The molecule has 1 heterocycles.